The van der Waals surface area contributed by atoms with Crippen LogP contribution in [0.2, 0.25) is 0 Å². The standard InChI is InChI=1S/C20H39N3O2S/c1-14(2)7-6-9-22-13-16-12-21-19(24)18(11-15(3)4)23(16)20(25)17(22)8-10-26-5/h14-18,20,25H,6-13H2,1-5H3,(H,21,24)/t16-,17+,18+,20?/m1/s1. The average molecular weight is 386 g/mol. The molecule has 0 bridgehead atoms. The number of aliphatic hydroxyl groups is 1. The van der Waals surface area contributed by atoms with E-state index in [-0.39, 0.29) is 24.0 Å². The molecule has 2 saturated heterocycles. The highest BCUT2D eigenvalue weighted by Gasteiger charge is 2.47. The lowest BCUT2D eigenvalue weighted by molar-refractivity contribution is -0.169. The Morgan fingerprint density at radius 3 is 2.62 bits per heavy atom. The first-order valence-electron chi connectivity index (χ1n) is 10.3. The van der Waals surface area contributed by atoms with E-state index in [9.17, 15) is 9.90 Å². The number of thioether (sulfide) groups is 1. The molecule has 0 aliphatic carbocycles. The van der Waals surface area contributed by atoms with Crippen molar-refractivity contribution in [2.24, 2.45) is 11.8 Å². The zero-order valence-electron chi connectivity index (χ0n) is 17.3. The van der Waals surface area contributed by atoms with Gasteiger partial charge < -0.3 is 10.4 Å². The minimum atomic E-state index is -0.547. The molecule has 0 aromatic carbocycles. The maximum Gasteiger partial charge on any atom is 0.237 e. The predicted molar refractivity (Wildman–Crippen MR) is 110 cm³/mol. The van der Waals surface area contributed by atoms with E-state index in [1.54, 1.807) is 0 Å². The van der Waals surface area contributed by atoms with Crippen LogP contribution in [-0.2, 0) is 4.79 Å². The van der Waals surface area contributed by atoms with Gasteiger partial charge in [-0.25, -0.2) is 0 Å². The number of hydrogen-bond acceptors (Lipinski definition) is 5. The van der Waals surface area contributed by atoms with Gasteiger partial charge >= 0.3 is 0 Å². The molecule has 1 amide bonds. The van der Waals surface area contributed by atoms with Gasteiger partial charge in [0.2, 0.25) is 5.91 Å². The fraction of sp³-hybridized carbons (Fsp3) is 0.950. The molecule has 0 aromatic rings. The van der Waals surface area contributed by atoms with Crippen LogP contribution >= 0.6 is 11.8 Å². The number of hydrogen-bond donors (Lipinski definition) is 2. The second kappa shape index (κ2) is 10.3. The van der Waals surface area contributed by atoms with E-state index in [1.165, 1.54) is 12.8 Å². The van der Waals surface area contributed by atoms with E-state index < -0.39 is 6.23 Å². The summed E-state index contributed by atoms with van der Waals surface area (Å²) >= 11 is 1.83. The van der Waals surface area contributed by atoms with Crippen LogP contribution in [0.3, 0.4) is 0 Å². The molecule has 0 spiro atoms. The molecule has 1 unspecified atom stereocenters. The summed E-state index contributed by atoms with van der Waals surface area (Å²) in [5.74, 6) is 2.29. The summed E-state index contributed by atoms with van der Waals surface area (Å²) in [4.78, 5) is 17.1. The van der Waals surface area contributed by atoms with Crippen LogP contribution in [0.5, 0.6) is 0 Å². The Balaban J connectivity index is 2.14. The predicted octanol–water partition coefficient (Wildman–Crippen LogP) is 2.39. The lowest BCUT2D eigenvalue weighted by atomic mass is 9.92. The summed E-state index contributed by atoms with van der Waals surface area (Å²) in [6, 6.07) is 0.154. The van der Waals surface area contributed by atoms with Gasteiger partial charge in [0.05, 0.1) is 12.1 Å². The van der Waals surface area contributed by atoms with E-state index in [4.69, 9.17) is 0 Å². The molecule has 0 saturated carbocycles. The molecular formula is C20H39N3O2S. The van der Waals surface area contributed by atoms with Crippen molar-refractivity contribution in [3.05, 3.63) is 0 Å². The highest BCUT2D eigenvalue weighted by molar-refractivity contribution is 7.98. The van der Waals surface area contributed by atoms with Crippen molar-refractivity contribution in [2.75, 3.05) is 31.6 Å². The number of aliphatic hydroxyl groups excluding tert-OH is 1. The Morgan fingerprint density at radius 2 is 2.00 bits per heavy atom. The molecule has 0 aromatic heterocycles. The van der Waals surface area contributed by atoms with Crippen molar-refractivity contribution in [2.45, 2.75) is 77.7 Å². The zero-order valence-corrected chi connectivity index (χ0v) is 18.1. The Morgan fingerprint density at radius 1 is 1.27 bits per heavy atom. The van der Waals surface area contributed by atoms with Gasteiger partial charge in [0, 0.05) is 19.1 Å². The smallest absolute Gasteiger partial charge is 0.237 e. The lowest BCUT2D eigenvalue weighted by Gasteiger charge is -2.54. The van der Waals surface area contributed by atoms with Crippen molar-refractivity contribution in [3.63, 3.8) is 0 Å². The molecule has 2 aliphatic rings. The third-order valence-electron chi connectivity index (χ3n) is 5.70. The van der Waals surface area contributed by atoms with Gasteiger partial charge in [-0.3, -0.25) is 14.6 Å². The molecule has 2 aliphatic heterocycles. The first kappa shape index (κ1) is 22.0. The largest absolute Gasteiger partial charge is 0.377 e. The van der Waals surface area contributed by atoms with Crippen molar-refractivity contribution < 1.29 is 9.90 Å². The zero-order chi connectivity index (χ0) is 19.3. The summed E-state index contributed by atoms with van der Waals surface area (Å²) in [6.07, 6.45) is 5.76. The Bertz CT molecular complexity index is 447. The number of carbonyl (C=O) groups excluding carboxylic acids is 1. The minimum Gasteiger partial charge on any atom is -0.377 e. The average Bonchev–Trinajstić information content (AvgIpc) is 2.56. The van der Waals surface area contributed by atoms with Crippen molar-refractivity contribution in [3.8, 4) is 0 Å². The van der Waals surface area contributed by atoms with Gasteiger partial charge in [0.25, 0.3) is 0 Å². The van der Waals surface area contributed by atoms with Crippen LogP contribution in [0.25, 0.3) is 0 Å². The molecule has 2 rings (SSSR count). The number of amides is 1. The van der Waals surface area contributed by atoms with E-state index >= 15 is 0 Å². The summed E-state index contributed by atoms with van der Waals surface area (Å²) in [5.41, 5.74) is 0. The highest BCUT2D eigenvalue weighted by atomic mass is 32.2. The molecule has 4 atom stereocenters. The molecule has 5 nitrogen and oxygen atoms in total. The van der Waals surface area contributed by atoms with E-state index in [0.717, 1.165) is 37.6 Å². The van der Waals surface area contributed by atoms with Crippen molar-refractivity contribution in [1.82, 2.24) is 15.1 Å². The SMILES string of the molecule is CSCC[C@H]1C(O)N2[C@H](CNC(=O)[C@@H]2CC(C)C)CN1CCCC(C)C. The first-order chi connectivity index (χ1) is 12.3. The molecular weight excluding hydrogens is 346 g/mol. The monoisotopic (exact) mass is 385 g/mol. The maximum absolute atomic E-state index is 12.5. The van der Waals surface area contributed by atoms with Gasteiger partial charge in [-0.1, -0.05) is 27.7 Å². The van der Waals surface area contributed by atoms with Crippen LogP contribution in [0.4, 0.5) is 0 Å². The Kier molecular flexibility index (Phi) is 8.71. The second-order valence-corrected chi connectivity index (χ2v) is 9.77. The van der Waals surface area contributed by atoms with Gasteiger partial charge in [0.1, 0.15) is 6.23 Å². The summed E-state index contributed by atoms with van der Waals surface area (Å²) in [7, 11) is 0. The maximum atomic E-state index is 12.5. The third kappa shape index (κ3) is 5.60. The van der Waals surface area contributed by atoms with Crippen molar-refractivity contribution >= 4 is 17.7 Å². The van der Waals surface area contributed by atoms with Crippen LogP contribution in [-0.4, -0.2) is 76.8 Å². The van der Waals surface area contributed by atoms with Gasteiger partial charge in [-0.05, 0) is 56.1 Å². The normalized spacial score (nSPS) is 30.7. The highest BCUT2D eigenvalue weighted by Crippen LogP contribution is 2.30. The Hall–Kier alpha value is -0.300. The Labute approximate surface area is 164 Å². The number of nitrogens with one attached hydrogen (secondary N) is 1. The summed E-state index contributed by atoms with van der Waals surface area (Å²) < 4.78 is 0. The topological polar surface area (TPSA) is 55.8 Å². The summed E-state index contributed by atoms with van der Waals surface area (Å²) in [6.45, 7) is 11.5. The van der Waals surface area contributed by atoms with Gasteiger partial charge in [0.15, 0.2) is 0 Å². The number of carbonyl (C=O) groups is 1. The quantitative estimate of drug-likeness (QED) is 0.638. The second-order valence-electron chi connectivity index (χ2n) is 8.78. The number of nitrogens with zero attached hydrogens (tertiary/aromatic N) is 2. The molecule has 6 heteroatoms. The molecule has 2 N–H and O–H groups in total. The fourth-order valence-electron chi connectivity index (χ4n) is 4.39. The lowest BCUT2D eigenvalue weighted by Crippen LogP contribution is -2.73. The van der Waals surface area contributed by atoms with E-state index in [2.05, 4.69) is 49.1 Å². The van der Waals surface area contributed by atoms with Crippen LogP contribution in [0, 0.1) is 11.8 Å². The van der Waals surface area contributed by atoms with Crippen LogP contribution < -0.4 is 5.32 Å². The molecule has 152 valence electrons. The van der Waals surface area contributed by atoms with E-state index in [1.807, 2.05) is 11.8 Å². The van der Waals surface area contributed by atoms with Gasteiger partial charge in [-0.15, -0.1) is 0 Å². The number of rotatable bonds is 9. The van der Waals surface area contributed by atoms with E-state index in [0.29, 0.717) is 12.5 Å². The van der Waals surface area contributed by atoms with Gasteiger partial charge in [-0.2, -0.15) is 11.8 Å². The third-order valence-corrected chi connectivity index (χ3v) is 6.34. The molecule has 26 heavy (non-hydrogen) atoms. The number of piperazine rings is 2. The molecule has 2 heterocycles. The minimum absolute atomic E-state index is 0.0888. The molecule has 2 fully saturated rings. The van der Waals surface area contributed by atoms with Crippen LogP contribution in [0.1, 0.15) is 53.4 Å². The van der Waals surface area contributed by atoms with Crippen LogP contribution in [0.15, 0.2) is 0 Å². The fourth-order valence-corrected chi connectivity index (χ4v) is 4.87. The number of fused-ring (bicyclic) bond motifs is 1. The first-order valence-corrected chi connectivity index (χ1v) is 11.7. The van der Waals surface area contributed by atoms with Crippen molar-refractivity contribution in [1.29, 1.82) is 0 Å². The summed E-state index contributed by atoms with van der Waals surface area (Å²) in [5, 5.41) is 14.4. The molecule has 0 radical (unpaired) electrons.